The third-order valence-electron chi connectivity index (χ3n) is 1.42. The number of nitrogens with one attached hydrogen (secondary N) is 1. The van der Waals surface area contributed by atoms with E-state index in [9.17, 15) is 4.79 Å². The number of amides is 1. The second-order valence-electron chi connectivity index (χ2n) is 2.63. The third kappa shape index (κ3) is 3.11. The van der Waals surface area contributed by atoms with Crippen LogP contribution in [0.3, 0.4) is 0 Å². The number of aryl methyl sites for hydroxylation is 1. The molecule has 0 radical (unpaired) electrons. The lowest BCUT2D eigenvalue weighted by Gasteiger charge is -1.93. The van der Waals surface area contributed by atoms with Crippen molar-refractivity contribution in [2.45, 2.75) is 26.2 Å². The van der Waals surface area contributed by atoms with Gasteiger partial charge in [-0.2, -0.15) is 5.26 Å². The molecule has 1 amide bonds. The summed E-state index contributed by atoms with van der Waals surface area (Å²) >= 11 is 1.35. The number of hydrogen-bond donors (Lipinski definition) is 1. The lowest BCUT2D eigenvalue weighted by atomic mass is 10.4. The molecule has 0 atom stereocenters. The summed E-state index contributed by atoms with van der Waals surface area (Å²) in [6.07, 6.45) is 1.72. The Kier molecular flexibility index (Phi) is 4.01. The molecule has 74 valence electrons. The summed E-state index contributed by atoms with van der Waals surface area (Å²) < 4.78 is 0. The molecule has 14 heavy (non-hydrogen) atoms. The Hall–Kier alpha value is -1.48. The zero-order valence-electron chi connectivity index (χ0n) is 7.78. The highest BCUT2D eigenvalue weighted by Crippen LogP contribution is 2.16. The molecule has 6 heteroatoms. The van der Waals surface area contributed by atoms with Crippen molar-refractivity contribution in [3.8, 4) is 6.07 Å². The molecule has 0 aliphatic heterocycles. The van der Waals surface area contributed by atoms with E-state index >= 15 is 0 Å². The Labute approximate surface area is 85.8 Å². The monoisotopic (exact) mass is 210 g/mol. The molecule has 0 saturated carbocycles. The van der Waals surface area contributed by atoms with Crippen molar-refractivity contribution in [2.75, 3.05) is 5.32 Å². The van der Waals surface area contributed by atoms with Crippen LogP contribution in [0.4, 0.5) is 5.13 Å². The average molecular weight is 210 g/mol. The smallest absolute Gasteiger partial charge is 0.240 e. The van der Waals surface area contributed by atoms with Crippen molar-refractivity contribution in [3.05, 3.63) is 5.01 Å². The molecule has 0 unspecified atom stereocenters. The summed E-state index contributed by atoms with van der Waals surface area (Å²) in [5.41, 5.74) is 0. The molecule has 1 aromatic rings. The number of hydrogen-bond acceptors (Lipinski definition) is 5. The zero-order chi connectivity index (χ0) is 10.4. The summed E-state index contributed by atoms with van der Waals surface area (Å²) in [6.45, 7) is 2.05. The van der Waals surface area contributed by atoms with E-state index in [4.69, 9.17) is 5.26 Å². The molecular weight excluding hydrogens is 200 g/mol. The molecule has 0 bridgehead atoms. The minimum atomic E-state index is -0.341. The minimum Gasteiger partial charge on any atom is -0.300 e. The lowest BCUT2D eigenvalue weighted by molar-refractivity contribution is -0.115. The van der Waals surface area contributed by atoms with Crippen LogP contribution in [0, 0.1) is 11.3 Å². The van der Waals surface area contributed by atoms with E-state index in [1.54, 1.807) is 6.07 Å². The second-order valence-corrected chi connectivity index (χ2v) is 3.70. The van der Waals surface area contributed by atoms with Crippen LogP contribution in [0.5, 0.6) is 0 Å². The van der Waals surface area contributed by atoms with E-state index in [1.165, 1.54) is 11.3 Å². The van der Waals surface area contributed by atoms with Crippen LogP contribution in [-0.4, -0.2) is 16.1 Å². The maximum Gasteiger partial charge on any atom is 0.240 e. The quantitative estimate of drug-likeness (QED) is 0.813. The molecule has 0 saturated heterocycles. The first-order valence-corrected chi connectivity index (χ1v) is 5.07. The summed E-state index contributed by atoms with van der Waals surface area (Å²) in [6, 6.07) is 1.76. The Morgan fingerprint density at radius 3 is 3.07 bits per heavy atom. The van der Waals surface area contributed by atoms with Crippen molar-refractivity contribution >= 4 is 22.4 Å². The topological polar surface area (TPSA) is 78.7 Å². The van der Waals surface area contributed by atoms with Gasteiger partial charge in [0.15, 0.2) is 0 Å². The number of rotatable bonds is 4. The van der Waals surface area contributed by atoms with Crippen LogP contribution in [0.1, 0.15) is 24.8 Å². The molecule has 0 aliphatic rings. The first-order chi connectivity index (χ1) is 6.76. The molecule has 1 N–H and O–H groups in total. The molecule has 5 nitrogen and oxygen atoms in total. The Bertz CT molecular complexity index is 354. The number of carbonyl (C=O) groups is 1. The Morgan fingerprint density at radius 2 is 2.43 bits per heavy atom. The van der Waals surface area contributed by atoms with E-state index in [0.29, 0.717) is 5.13 Å². The van der Waals surface area contributed by atoms with E-state index in [-0.39, 0.29) is 12.3 Å². The van der Waals surface area contributed by atoms with Crippen molar-refractivity contribution < 1.29 is 4.79 Å². The fourth-order valence-corrected chi connectivity index (χ4v) is 1.71. The average Bonchev–Trinajstić information content (AvgIpc) is 2.53. The van der Waals surface area contributed by atoms with Gasteiger partial charge in [-0.1, -0.05) is 18.3 Å². The Balaban J connectivity index is 2.51. The summed E-state index contributed by atoms with van der Waals surface area (Å²) in [7, 11) is 0. The third-order valence-corrected chi connectivity index (χ3v) is 2.32. The Morgan fingerprint density at radius 1 is 1.64 bits per heavy atom. The maximum atomic E-state index is 11.0. The fourth-order valence-electron chi connectivity index (χ4n) is 0.854. The highest BCUT2D eigenvalue weighted by atomic mass is 32.1. The summed E-state index contributed by atoms with van der Waals surface area (Å²) in [4.78, 5) is 11.0. The van der Waals surface area contributed by atoms with Gasteiger partial charge < -0.3 is 0 Å². The van der Waals surface area contributed by atoms with Crippen LogP contribution in [0.15, 0.2) is 0 Å². The molecule has 1 rings (SSSR count). The molecule has 0 aliphatic carbocycles. The second kappa shape index (κ2) is 5.29. The summed E-state index contributed by atoms with van der Waals surface area (Å²) in [5.74, 6) is -0.341. The van der Waals surface area contributed by atoms with Gasteiger partial charge in [0.05, 0.1) is 6.07 Å². The molecule has 1 heterocycles. The van der Waals surface area contributed by atoms with Gasteiger partial charge in [0.2, 0.25) is 11.0 Å². The fraction of sp³-hybridized carbons (Fsp3) is 0.500. The van der Waals surface area contributed by atoms with E-state index in [1.807, 2.05) is 0 Å². The van der Waals surface area contributed by atoms with Crippen LogP contribution >= 0.6 is 11.3 Å². The standard InChI is InChI=1S/C8H10N4OS/c1-2-3-7-11-12-8(14-7)10-6(13)4-5-9/h2-4H2,1H3,(H,10,12,13). The van der Waals surface area contributed by atoms with E-state index in [0.717, 1.165) is 17.8 Å². The molecule has 0 spiro atoms. The van der Waals surface area contributed by atoms with Gasteiger partial charge in [0.25, 0.3) is 0 Å². The van der Waals surface area contributed by atoms with Gasteiger partial charge in [0.1, 0.15) is 11.4 Å². The van der Waals surface area contributed by atoms with Gasteiger partial charge in [-0.05, 0) is 6.42 Å². The predicted octanol–water partition coefficient (Wildman–Crippen LogP) is 1.34. The number of anilines is 1. The van der Waals surface area contributed by atoms with Crippen LogP contribution < -0.4 is 5.32 Å². The van der Waals surface area contributed by atoms with E-state index < -0.39 is 0 Å². The van der Waals surface area contributed by atoms with E-state index in [2.05, 4.69) is 22.4 Å². The van der Waals surface area contributed by atoms with Crippen molar-refractivity contribution in [1.82, 2.24) is 10.2 Å². The number of nitrogens with zero attached hydrogens (tertiary/aromatic N) is 3. The number of carbonyl (C=O) groups excluding carboxylic acids is 1. The largest absolute Gasteiger partial charge is 0.300 e. The van der Waals surface area contributed by atoms with Crippen molar-refractivity contribution in [3.63, 3.8) is 0 Å². The predicted molar refractivity (Wildman–Crippen MR) is 52.8 cm³/mol. The maximum absolute atomic E-state index is 11.0. The van der Waals surface area contributed by atoms with Gasteiger partial charge in [-0.3, -0.25) is 10.1 Å². The first kappa shape index (κ1) is 10.6. The SMILES string of the molecule is CCCc1nnc(NC(=O)CC#N)s1. The van der Waals surface area contributed by atoms with Crippen LogP contribution in [-0.2, 0) is 11.2 Å². The van der Waals surface area contributed by atoms with Gasteiger partial charge in [-0.25, -0.2) is 0 Å². The normalized spacial score (nSPS) is 9.43. The zero-order valence-corrected chi connectivity index (χ0v) is 8.60. The molecule has 0 aromatic carbocycles. The molecule has 1 aromatic heterocycles. The first-order valence-electron chi connectivity index (χ1n) is 4.25. The molecular formula is C8H10N4OS. The van der Waals surface area contributed by atoms with Crippen molar-refractivity contribution in [2.24, 2.45) is 0 Å². The summed E-state index contributed by atoms with van der Waals surface area (Å²) in [5, 5.41) is 19.8. The van der Waals surface area contributed by atoms with Gasteiger partial charge >= 0.3 is 0 Å². The highest BCUT2D eigenvalue weighted by molar-refractivity contribution is 7.15. The van der Waals surface area contributed by atoms with Crippen molar-refractivity contribution in [1.29, 1.82) is 5.26 Å². The van der Waals surface area contributed by atoms with Crippen LogP contribution in [0.2, 0.25) is 0 Å². The minimum absolute atomic E-state index is 0.150. The number of aromatic nitrogens is 2. The van der Waals surface area contributed by atoms with Gasteiger partial charge in [-0.15, -0.1) is 10.2 Å². The molecule has 0 fully saturated rings. The highest BCUT2D eigenvalue weighted by Gasteiger charge is 2.06. The number of nitriles is 1. The lowest BCUT2D eigenvalue weighted by Crippen LogP contribution is -2.09. The van der Waals surface area contributed by atoms with Gasteiger partial charge in [0, 0.05) is 6.42 Å². The van der Waals surface area contributed by atoms with Crippen LogP contribution in [0.25, 0.3) is 0 Å².